The first-order chi connectivity index (χ1) is 13.8. The Hall–Kier alpha value is -3.20. The van der Waals surface area contributed by atoms with Crippen LogP contribution in [0.2, 0.25) is 0 Å². The van der Waals surface area contributed by atoms with E-state index in [-0.39, 0.29) is 11.5 Å². The van der Waals surface area contributed by atoms with E-state index in [1.807, 2.05) is 6.92 Å². The second-order valence-corrected chi connectivity index (χ2v) is 6.06. The highest BCUT2D eigenvalue weighted by Crippen LogP contribution is 2.35. The second-order valence-electron chi connectivity index (χ2n) is 5.92. The van der Waals surface area contributed by atoms with Gasteiger partial charge in [-0.15, -0.1) is 0 Å². The average molecular weight is 423 g/mol. The molecule has 29 heavy (non-hydrogen) atoms. The monoisotopic (exact) mass is 423 g/mol. The normalized spacial score (nSPS) is 10.1. The molecule has 1 aromatic heterocycles. The van der Waals surface area contributed by atoms with E-state index in [2.05, 4.69) is 0 Å². The van der Waals surface area contributed by atoms with Gasteiger partial charge in [0.2, 0.25) is 0 Å². The summed E-state index contributed by atoms with van der Waals surface area (Å²) >= 11 is -0.750. The highest BCUT2D eigenvalue weighted by Gasteiger charge is 2.14. The zero-order chi connectivity index (χ0) is 21.6. The Labute approximate surface area is 168 Å². The Bertz CT molecular complexity index is 1100. The Morgan fingerprint density at radius 3 is 2.21 bits per heavy atom. The molecule has 0 aliphatic carbocycles. The average Bonchev–Trinajstić information content (AvgIpc) is 2.68. The van der Waals surface area contributed by atoms with Crippen LogP contribution in [0.1, 0.15) is 12.5 Å². The molecular weight excluding hydrogens is 407 g/mol. The number of benzene rings is 2. The minimum absolute atomic E-state index is 0.151. The van der Waals surface area contributed by atoms with E-state index >= 15 is 0 Å². The van der Waals surface area contributed by atoms with Gasteiger partial charge in [-0.05, 0) is 42.3 Å². The number of halogens is 3. The Balaban J connectivity index is 0.000000941. The molecule has 0 fully saturated rings. The maximum absolute atomic E-state index is 13.9. The molecule has 152 valence electrons. The summed E-state index contributed by atoms with van der Waals surface area (Å²) in [5.41, 5.74) is 1.13. The van der Waals surface area contributed by atoms with Gasteiger partial charge in [0.25, 0.3) is 5.56 Å². The van der Waals surface area contributed by atoms with E-state index in [1.165, 1.54) is 19.3 Å². The summed E-state index contributed by atoms with van der Waals surface area (Å²) in [5, 5.41) is 0. The van der Waals surface area contributed by atoms with Crippen molar-refractivity contribution >= 4 is 11.6 Å². The zero-order valence-electron chi connectivity index (χ0n) is 15.4. The molecule has 0 saturated carbocycles. The zero-order valence-corrected chi connectivity index (χ0v) is 16.3. The predicted octanol–water partition coefficient (Wildman–Crippen LogP) is 4.15. The lowest BCUT2D eigenvalue weighted by molar-refractivity contribution is 0.439. The summed E-state index contributed by atoms with van der Waals surface area (Å²) in [6, 6.07) is 9.34. The smallest absolute Gasteiger partial charge is 0.335 e. The molecule has 3 rings (SSSR count). The SMILES string of the molecule is CCc1ccc(Oc2ccc(F)cc2F)c(-c2cc(F)c(=O)n(C)c2)c1.O=S=O. The molecular formula is C20H16F3NO4S. The quantitative estimate of drug-likeness (QED) is 0.632. The summed E-state index contributed by atoms with van der Waals surface area (Å²) < 4.78 is 64.2. The highest BCUT2D eigenvalue weighted by molar-refractivity contribution is 7.51. The van der Waals surface area contributed by atoms with Crippen molar-refractivity contribution in [3.63, 3.8) is 0 Å². The topological polar surface area (TPSA) is 65.4 Å². The van der Waals surface area contributed by atoms with Crippen LogP contribution in [-0.2, 0) is 25.0 Å². The molecule has 0 unspecified atom stereocenters. The summed E-state index contributed by atoms with van der Waals surface area (Å²) in [7, 11) is 1.44. The van der Waals surface area contributed by atoms with Crippen molar-refractivity contribution in [2.24, 2.45) is 7.05 Å². The molecule has 9 heteroatoms. The van der Waals surface area contributed by atoms with Crippen LogP contribution in [-0.4, -0.2) is 13.0 Å². The highest BCUT2D eigenvalue weighted by atomic mass is 32.1. The molecule has 5 nitrogen and oxygen atoms in total. The number of hydrogen-bond acceptors (Lipinski definition) is 4. The Kier molecular flexibility index (Phi) is 7.49. The third kappa shape index (κ3) is 5.41. The van der Waals surface area contributed by atoms with Crippen molar-refractivity contribution in [2.75, 3.05) is 0 Å². The van der Waals surface area contributed by atoms with E-state index in [0.29, 0.717) is 11.1 Å². The molecule has 2 aromatic carbocycles. The van der Waals surface area contributed by atoms with Crippen LogP contribution in [0.15, 0.2) is 53.5 Å². The lowest BCUT2D eigenvalue weighted by Crippen LogP contribution is -2.19. The molecule has 0 aliphatic heterocycles. The van der Waals surface area contributed by atoms with Gasteiger partial charge in [0.05, 0.1) is 0 Å². The van der Waals surface area contributed by atoms with Gasteiger partial charge in [0.1, 0.15) is 11.6 Å². The first-order valence-corrected chi connectivity index (χ1v) is 9.01. The minimum atomic E-state index is -0.897. The summed E-state index contributed by atoms with van der Waals surface area (Å²) in [6.07, 6.45) is 2.21. The van der Waals surface area contributed by atoms with E-state index in [1.54, 1.807) is 18.2 Å². The van der Waals surface area contributed by atoms with Gasteiger partial charge < -0.3 is 9.30 Å². The number of hydrogen-bond donors (Lipinski definition) is 0. The summed E-state index contributed by atoms with van der Waals surface area (Å²) in [6.45, 7) is 1.96. The van der Waals surface area contributed by atoms with E-state index in [0.717, 1.165) is 34.8 Å². The molecule has 0 bridgehead atoms. The molecule has 0 saturated heterocycles. The maximum atomic E-state index is 13.9. The van der Waals surface area contributed by atoms with Crippen LogP contribution in [0, 0.1) is 17.5 Å². The number of rotatable bonds is 4. The molecule has 1 heterocycles. The number of pyridine rings is 1. The van der Waals surface area contributed by atoms with E-state index in [9.17, 15) is 18.0 Å². The van der Waals surface area contributed by atoms with Gasteiger partial charge in [-0.3, -0.25) is 4.79 Å². The van der Waals surface area contributed by atoms with E-state index in [4.69, 9.17) is 13.2 Å². The number of aryl methyl sites for hydroxylation is 2. The van der Waals surface area contributed by atoms with Crippen molar-refractivity contribution in [1.29, 1.82) is 0 Å². The summed E-state index contributed by atoms with van der Waals surface area (Å²) in [5.74, 6) is -2.34. The maximum Gasteiger partial charge on any atom is 0.335 e. The largest absolute Gasteiger partial charge is 0.454 e. The van der Waals surface area contributed by atoms with Crippen molar-refractivity contribution in [3.8, 4) is 22.6 Å². The van der Waals surface area contributed by atoms with Crippen molar-refractivity contribution in [3.05, 3.63) is 82.0 Å². The van der Waals surface area contributed by atoms with Crippen LogP contribution in [0.4, 0.5) is 13.2 Å². The van der Waals surface area contributed by atoms with E-state index < -0.39 is 34.6 Å². The Morgan fingerprint density at radius 1 is 0.966 bits per heavy atom. The Morgan fingerprint density at radius 2 is 1.62 bits per heavy atom. The summed E-state index contributed by atoms with van der Waals surface area (Å²) in [4.78, 5) is 11.6. The molecule has 3 aromatic rings. The molecule has 0 radical (unpaired) electrons. The van der Waals surface area contributed by atoms with Crippen molar-refractivity contribution in [1.82, 2.24) is 4.57 Å². The van der Waals surface area contributed by atoms with Gasteiger partial charge in [-0.1, -0.05) is 13.0 Å². The van der Waals surface area contributed by atoms with Crippen LogP contribution < -0.4 is 10.3 Å². The molecule has 0 amide bonds. The van der Waals surface area contributed by atoms with Gasteiger partial charge in [0.15, 0.2) is 17.4 Å². The number of ether oxygens (including phenoxy) is 1. The fourth-order valence-corrected chi connectivity index (χ4v) is 2.61. The molecule has 0 N–H and O–H groups in total. The number of nitrogens with zero attached hydrogens (tertiary/aromatic N) is 1. The molecule has 0 atom stereocenters. The van der Waals surface area contributed by atoms with Crippen LogP contribution in [0.3, 0.4) is 0 Å². The van der Waals surface area contributed by atoms with Gasteiger partial charge >= 0.3 is 11.6 Å². The lowest BCUT2D eigenvalue weighted by Gasteiger charge is -2.14. The minimum Gasteiger partial charge on any atom is -0.454 e. The first kappa shape index (κ1) is 22.1. The third-order valence-corrected chi connectivity index (χ3v) is 4.02. The fraction of sp³-hybridized carbons (Fsp3) is 0.150. The van der Waals surface area contributed by atoms with Gasteiger partial charge in [-0.25, -0.2) is 13.2 Å². The second kappa shape index (κ2) is 9.83. The number of aromatic nitrogens is 1. The van der Waals surface area contributed by atoms with Crippen LogP contribution >= 0.6 is 0 Å². The third-order valence-electron chi connectivity index (χ3n) is 4.02. The fourth-order valence-electron chi connectivity index (χ4n) is 2.61. The molecule has 0 aliphatic rings. The molecule has 0 spiro atoms. The first-order valence-electron chi connectivity index (χ1n) is 8.34. The van der Waals surface area contributed by atoms with Crippen LogP contribution in [0.25, 0.3) is 11.1 Å². The standard InChI is InChI=1S/C20H16F3NO2.O2S/c1-3-12-4-6-18(26-19-7-5-14(21)10-16(19)22)15(8-12)13-9-17(23)20(25)24(2)11-13;1-3-2/h4-11H,3H2,1-2H3;. The lowest BCUT2D eigenvalue weighted by atomic mass is 10.0. The predicted molar refractivity (Wildman–Crippen MR) is 102 cm³/mol. The van der Waals surface area contributed by atoms with Gasteiger partial charge in [-0.2, -0.15) is 8.42 Å². The van der Waals surface area contributed by atoms with Crippen molar-refractivity contribution < 1.29 is 26.3 Å². The van der Waals surface area contributed by atoms with Crippen molar-refractivity contribution in [2.45, 2.75) is 13.3 Å². The van der Waals surface area contributed by atoms with Crippen LogP contribution in [0.5, 0.6) is 11.5 Å². The van der Waals surface area contributed by atoms with Gasteiger partial charge in [0, 0.05) is 30.4 Å².